The van der Waals surface area contributed by atoms with Gasteiger partial charge in [-0.1, -0.05) is 19.3 Å². The number of aliphatic imine (C=N–C) groups is 1. The summed E-state index contributed by atoms with van der Waals surface area (Å²) < 4.78 is 0. The van der Waals surface area contributed by atoms with Crippen LogP contribution in [0.2, 0.25) is 0 Å². The van der Waals surface area contributed by atoms with E-state index in [1.807, 2.05) is 0 Å². The lowest BCUT2D eigenvalue weighted by Crippen LogP contribution is -2.40. The van der Waals surface area contributed by atoms with Crippen molar-refractivity contribution >= 4 is 18.5 Å². The van der Waals surface area contributed by atoms with Crippen molar-refractivity contribution in [3.8, 4) is 0 Å². The minimum absolute atomic E-state index is 0.247. The zero-order valence-electron chi connectivity index (χ0n) is 8.41. The standard InChI is InChI=1S/C10H18N2OS/c14-7-9-6-13-12-10(11-9)8-4-2-1-3-5-8/h8-9,14H,1-7H2,(H,11,12). The first kappa shape index (κ1) is 10.3. The Labute approximate surface area is 90.7 Å². The van der Waals surface area contributed by atoms with Gasteiger partial charge in [0.2, 0.25) is 0 Å². The van der Waals surface area contributed by atoms with Gasteiger partial charge in [0.05, 0.1) is 12.6 Å². The first-order chi connectivity index (χ1) is 6.90. The zero-order chi connectivity index (χ0) is 9.80. The lowest BCUT2D eigenvalue weighted by Gasteiger charge is -2.28. The van der Waals surface area contributed by atoms with E-state index in [1.165, 1.54) is 32.1 Å². The number of hydrogen-bond donors (Lipinski definition) is 2. The minimum Gasteiger partial charge on any atom is -0.273 e. The van der Waals surface area contributed by atoms with E-state index in [-0.39, 0.29) is 6.04 Å². The summed E-state index contributed by atoms with van der Waals surface area (Å²) in [6.07, 6.45) is 6.55. The predicted octanol–water partition coefficient (Wildman–Crippen LogP) is 1.80. The number of thiol groups is 1. The highest BCUT2D eigenvalue weighted by Crippen LogP contribution is 2.25. The highest BCUT2D eigenvalue weighted by atomic mass is 32.1. The summed E-state index contributed by atoms with van der Waals surface area (Å²) in [5.41, 5.74) is 2.97. The van der Waals surface area contributed by atoms with Crippen molar-refractivity contribution in [1.82, 2.24) is 5.48 Å². The Kier molecular flexibility index (Phi) is 3.70. The molecular formula is C10H18N2OS. The van der Waals surface area contributed by atoms with Crippen LogP contribution in [-0.2, 0) is 4.84 Å². The molecule has 0 amide bonds. The van der Waals surface area contributed by atoms with Gasteiger partial charge in [0, 0.05) is 11.7 Å². The summed E-state index contributed by atoms with van der Waals surface area (Å²) in [7, 11) is 0. The van der Waals surface area contributed by atoms with E-state index in [9.17, 15) is 0 Å². The molecule has 3 nitrogen and oxygen atoms in total. The van der Waals surface area contributed by atoms with Crippen LogP contribution in [-0.4, -0.2) is 24.2 Å². The second-order valence-electron chi connectivity index (χ2n) is 4.10. The Morgan fingerprint density at radius 3 is 2.86 bits per heavy atom. The van der Waals surface area contributed by atoms with Crippen molar-refractivity contribution in [2.45, 2.75) is 38.1 Å². The molecule has 2 aliphatic rings. The van der Waals surface area contributed by atoms with Crippen LogP contribution in [0.3, 0.4) is 0 Å². The molecule has 0 aromatic rings. The summed E-state index contributed by atoms with van der Waals surface area (Å²) >= 11 is 4.25. The molecule has 0 bridgehead atoms. The average Bonchev–Trinajstić information content (AvgIpc) is 2.30. The Balaban J connectivity index is 1.97. The van der Waals surface area contributed by atoms with Crippen LogP contribution in [0.25, 0.3) is 0 Å². The Morgan fingerprint density at radius 1 is 1.36 bits per heavy atom. The molecule has 0 spiro atoms. The van der Waals surface area contributed by atoms with E-state index in [1.54, 1.807) is 0 Å². The Bertz CT molecular complexity index is 214. The predicted molar refractivity (Wildman–Crippen MR) is 60.7 cm³/mol. The van der Waals surface area contributed by atoms with E-state index in [4.69, 9.17) is 4.84 Å². The van der Waals surface area contributed by atoms with Crippen LogP contribution in [0.15, 0.2) is 4.99 Å². The van der Waals surface area contributed by atoms with E-state index >= 15 is 0 Å². The number of amidine groups is 1. The van der Waals surface area contributed by atoms with Gasteiger partial charge >= 0.3 is 0 Å². The number of nitrogens with zero attached hydrogens (tertiary/aromatic N) is 1. The van der Waals surface area contributed by atoms with Crippen LogP contribution < -0.4 is 5.48 Å². The van der Waals surface area contributed by atoms with Gasteiger partial charge in [0.25, 0.3) is 0 Å². The highest BCUT2D eigenvalue weighted by molar-refractivity contribution is 7.80. The molecule has 0 saturated heterocycles. The fourth-order valence-electron chi connectivity index (χ4n) is 2.13. The molecule has 4 heteroatoms. The fourth-order valence-corrected chi connectivity index (χ4v) is 2.32. The van der Waals surface area contributed by atoms with E-state index in [2.05, 4.69) is 23.1 Å². The number of hydrogen-bond acceptors (Lipinski definition) is 4. The summed E-state index contributed by atoms with van der Waals surface area (Å²) in [5, 5.41) is 0. The Hall–Kier alpha value is -0.220. The maximum atomic E-state index is 5.31. The molecule has 2 rings (SSSR count). The molecule has 1 atom stereocenters. The third kappa shape index (κ3) is 2.42. The van der Waals surface area contributed by atoms with Gasteiger partial charge in [0.15, 0.2) is 0 Å². The van der Waals surface area contributed by atoms with Crippen LogP contribution >= 0.6 is 12.6 Å². The molecule has 0 aromatic heterocycles. The second-order valence-corrected chi connectivity index (χ2v) is 4.46. The van der Waals surface area contributed by atoms with E-state index < -0.39 is 0 Å². The molecule has 1 fully saturated rings. The molecule has 1 aliphatic heterocycles. The molecule has 0 aromatic carbocycles. The van der Waals surface area contributed by atoms with Crippen molar-refractivity contribution in [3.05, 3.63) is 0 Å². The van der Waals surface area contributed by atoms with Crippen molar-refractivity contribution in [1.29, 1.82) is 0 Å². The topological polar surface area (TPSA) is 33.6 Å². The summed E-state index contributed by atoms with van der Waals surface area (Å²) in [6, 6.07) is 0.247. The maximum Gasteiger partial charge on any atom is 0.124 e. The molecule has 1 saturated carbocycles. The number of hydroxylamine groups is 1. The molecular weight excluding hydrogens is 196 g/mol. The van der Waals surface area contributed by atoms with Crippen molar-refractivity contribution in [2.75, 3.05) is 12.4 Å². The zero-order valence-corrected chi connectivity index (χ0v) is 9.30. The van der Waals surface area contributed by atoms with Crippen molar-refractivity contribution < 1.29 is 4.84 Å². The molecule has 1 unspecified atom stereocenters. The molecule has 1 heterocycles. The summed E-state index contributed by atoms with van der Waals surface area (Å²) in [4.78, 5) is 9.94. The van der Waals surface area contributed by atoms with Gasteiger partial charge in [0.1, 0.15) is 5.84 Å². The first-order valence-electron chi connectivity index (χ1n) is 5.46. The summed E-state index contributed by atoms with van der Waals surface area (Å²) in [5.74, 6) is 2.44. The Morgan fingerprint density at radius 2 is 2.14 bits per heavy atom. The maximum absolute atomic E-state index is 5.31. The van der Waals surface area contributed by atoms with Crippen LogP contribution in [0.1, 0.15) is 32.1 Å². The van der Waals surface area contributed by atoms with Gasteiger partial charge in [-0.15, -0.1) is 0 Å². The highest BCUT2D eigenvalue weighted by Gasteiger charge is 2.23. The third-order valence-electron chi connectivity index (χ3n) is 2.98. The lowest BCUT2D eigenvalue weighted by molar-refractivity contribution is 0.0606. The monoisotopic (exact) mass is 214 g/mol. The first-order valence-corrected chi connectivity index (χ1v) is 6.09. The van der Waals surface area contributed by atoms with Crippen LogP contribution in [0, 0.1) is 5.92 Å². The van der Waals surface area contributed by atoms with Crippen molar-refractivity contribution in [2.24, 2.45) is 10.9 Å². The van der Waals surface area contributed by atoms with Gasteiger partial charge in [-0.3, -0.25) is 15.3 Å². The molecule has 0 radical (unpaired) electrons. The second kappa shape index (κ2) is 5.03. The van der Waals surface area contributed by atoms with Gasteiger partial charge < -0.3 is 0 Å². The molecule has 14 heavy (non-hydrogen) atoms. The quantitative estimate of drug-likeness (QED) is 0.687. The smallest absolute Gasteiger partial charge is 0.124 e. The van der Waals surface area contributed by atoms with Crippen LogP contribution in [0.5, 0.6) is 0 Å². The lowest BCUT2D eigenvalue weighted by atomic mass is 9.88. The fraction of sp³-hybridized carbons (Fsp3) is 0.900. The number of nitrogens with one attached hydrogen (secondary N) is 1. The minimum atomic E-state index is 0.247. The van der Waals surface area contributed by atoms with E-state index in [0.717, 1.165) is 11.6 Å². The van der Waals surface area contributed by atoms with Gasteiger partial charge in [-0.05, 0) is 12.8 Å². The SMILES string of the molecule is SCC1CONC(C2CCCCC2)=N1. The van der Waals surface area contributed by atoms with Gasteiger partial charge in [-0.25, -0.2) is 0 Å². The normalized spacial score (nSPS) is 29.5. The largest absolute Gasteiger partial charge is 0.273 e. The van der Waals surface area contributed by atoms with Crippen LogP contribution in [0.4, 0.5) is 0 Å². The number of rotatable bonds is 2. The average molecular weight is 214 g/mol. The van der Waals surface area contributed by atoms with Gasteiger partial charge in [-0.2, -0.15) is 12.6 Å². The molecule has 80 valence electrons. The van der Waals surface area contributed by atoms with E-state index in [0.29, 0.717) is 12.5 Å². The van der Waals surface area contributed by atoms with Crippen molar-refractivity contribution in [3.63, 3.8) is 0 Å². The molecule has 1 aliphatic carbocycles. The third-order valence-corrected chi connectivity index (χ3v) is 3.40. The molecule has 1 N–H and O–H groups in total. The summed E-state index contributed by atoms with van der Waals surface area (Å²) in [6.45, 7) is 0.653.